The zero-order valence-corrected chi connectivity index (χ0v) is 12.8. The Morgan fingerprint density at radius 3 is 2.47 bits per heavy atom. The minimum atomic E-state index is -0.847. The Morgan fingerprint density at radius 1 is 1.42 bits per heavy atom. The fourth-order valence-corrected chi connectivity index (χ4v) is 2.81. The molecule has 112 valence electrons. The summed E-state index contributed by atoms with van der Waals surface area (Å²) in [5, 5.41) is 9.05. The topological polar surface area (TPSA) is 49.8 Å². The quantitative estimate of drug-likeness (QED) is 0.773. The van der Waals surface area contributed by atoms with E-state index in [0.717, 1.165) is 6.54 Å². The third-order valence-corrected chi connectivity index (χ3v) is 4.32. The van der Waals surface area contributed by atoms with Crippen molar-refractivity contribution in [1.29, 1.82) is 0 Å². The fourth-order valence-electron chi connectivity index (χ4n) is 2.81. The lowest BCUT2D eigenvalue weighted by atomic mass is 9.75. The smallest absolute Gasteiger partial charge is 0.332 e. The molecule has 1 N–H and O–H groups in total. The van der Waals surface area contributed by atoms with Crippen molar-refractivity contribution in [3.8, 4) is 0 Å². The van der Waals surface area contributed by atoms with Crippen molar-refractivity contribution in [3.63, 3.8) is 0 Å². The zero-order valence-electron chi connectivity index (χ0n) is 12.8. The summed E-state index contributed by atoms with van der Waals surface area (Å²) in [6, 6.07) is 0.601. The van der Waals surface area contributed by atoms with Crippen LogP contribution in [0.15, 0.2) is 0 Å². The van der Waals surface area contributed by atoms with Crippen LogP contribution >= 0.6 is 0 Å². The molecular weight excluding hydrogens is 242 g/mol. The molecule has 1 aliphatic rings. The Morgan fingerprint density at radius 2 is 2.00 bits per heavy atom. The molecule has 1 unspecified atom stereocenters. The van der Waals surface area contributed by atoms with Crippen LogP contribution in [0, 0.1) is 5.41 Å². The van der Waals surface area contributed by atoms with E-state index >= 15 is 0 Å². The van der Waals surface area contributed by atoms with Gasteiger partial charge < -0.3 is 14.7 Å². The van der Waals surface area contributed by atoms with Crippen LogP contribution in [0.2, 0.25) is 0 Å². The third-order valence-electron chi connectivity index (χ3n) is 4.32. The van der Waals surface area contributed by atoms with Gasteiger partial charge in [0.1, 0.15) is 0 Å². The molecule has 0 aromatic rings. The first-order valence-electron chi connectivity index (χ1n) is 7.40. The van der Waals surface area contributed by atoms with Crippen LogP contribution in [0.25, 0.3) is 0 Å². The first-order valence-corrected chi connectivity index (χ1v) is 7.40. The van der Waals surface area contributed by atoms with Gasteiger partial charge in [-0.2, -0.15) is 0 Å². The summed E-state index contributed by atoms with van der Waals surface area (Å²) in [4.78, 5) is 13.3. The van der Waals surface area contributed by atoms with Crippen molar-refractivity contribution in [2.75, 3.05) is 20.2 Å². The Hall–Kier alpha value is -0.610. The molecule has 1 rings (SSSR count). The van der Waals surface area contributed by atoms with Gasteiger partial charge in [0.05, 0.1) is 0 Å². The van der Waals surface area contributed by atoms with Crippen molar-refractivity contribution in [2.45, 2.75) is 65.0 Å². The number of carboxylic acids is 1. The number of hydrogen-bond donors (Lipinski definition) is 1. The van der Waals surface area contributed by atoms with E-state index in [2.05, 4.69) is 25.8 Å². The van der Waals surface area contributed by atoms with E-state index in [1.807, 2.05) is 6.92 Å². The lowest BCUT2D eigenvalue weighted by molar-refractivity contribution is -0.150. The summed E-state index contributed by atoms with van der Waals surface area (Å²) >= 11 is 0. The molecule has 19 heavy (non-hydrogen) atoms. The molecule has 1 aliphatic carbocycles. The van der Waals surface area contributed by atoms with Crippen LogP contribution in [-0.2, 0) is 9.53 Å². The molecule has 0 aromatic carbocycles. The summed E-state index contributed by atoms with van der Waals surface area (Å²) in [7, 11) is 2.11. The van der Waals surface area contributed by atoms with Crippen LogP contribution in [0.5, 0.6) is 0 Å². The molecule has 0 spiro atoms. The maximum absolute atomic E-state index is 11.0. The van der Waals surface area contributed by atoms with E-state index in [1.54, 1.807) is 0 Å². The zero-order chi connectivity index (χ0) is 14.5. The molecule has 0 aromatic heterocycles. The molecule has 1 fully saturated rings. The summed E-state index contributed by atoms with van der Waals surface area (Å²) in [5.74, 6) is -0.847. The predicted molar refractivity (Wildman–Crippen MR) is 76.3 cm³/mol. The van der Waals surface area contributed by atoms with Gasteiger partial charge in [0, 0.05) is 19.2 Å². The highest BCUT2D eigenvalue weighted by Crippen LogP contribution is 2.36. The monoisotopic (exact) mass is 271 g/mol. The second-order valence-electron chi connectivity index (χ2n) is 6.45. The highest BCUT2D eigenvalue weighted by atomic mass is 16.5. The second-order valence-corrected chi connectivity index (χ2v) is 6.45. The van der Waals surface area contributed by atoms with Gasteiger partial charge in [0.15, 0.2) is 6.10 Å². The van der Waals surface area contributed by atoms with Crippen LogP contribution in [0.3, 0.4) is 0 Å². The van der Waals surface area contributed by atoms with Gasteiger partial charge in [0.2, 0.25) is 0 Å². The standard InChI is InChI=1S/C15H29NO3/c1-5-19-13(14(17)18)8-11-16(4)12-6-9-15(2,3)10-7-12/h12-13H,5-11H2,1-4H3,(H,17,18). The number of nitrogens with zero attached hydrogens (tertiary/aromatic N) is 1. The van der Waals surface area contributed by atoms with Crippen molar-refractivity contribution >= 4 is 5.97 Å². The summed E-state index contributed by atoms with van der Waals surface area (Å²) in [6.07, 6.45) is 4.87. The summed E-state index contributed by atoms with van der Waals surface area (Å²) in [5.41, 5.74) is 0.478. The lowest BCUT2D eigenvalue weighted by Gasteiger charge is -2.38. The van der Waals surface area contributed by atoms with E-state index in [9.17, 15) is 4.79 Å². The Labute approximate surface area is 117 Å². The van der Waals surface area contributed by atoms with Crippen molar-refractivity contribution in [2.24, 2.45) is 5.41 Å². The largest absolute Gasteiger partial charge is 0.479 e. The molecule has 0 saturated heterocycles. The first kappa shape index (κ1) is 16.4. The van der Waals surface area contributed by atoms with Gasteiger partial charge in [-0.05, 0) is 51.5 Å². The number of ether oxygens (including phenoxy) is 1. The van der Waals surface area contributed by atoms with E-state index in [1.165, 1.54) is 25.7 Å². The number of carbonyl (C=O) groups is 1. The summed E-state index contributed by atoms with van der Waals surface area (Å²) < 4.78 is 5.25. The molecule has 4 heteroatoms. The molecule has 4 nitrogen and oxygen atoms in total. The number of carboxylic acid groups (broad SMARTS) is 1. The predicted octanol–water partition coefficient (Wildman–Crippen LogP) is 2.77. The Kier molecular flexibility index (Phi) is 6.27. The van der Waals surface area contributed by atoms with Gasteiger partial charge in [-0.1, -0.05) is 13.8 Å². The Bertz CT molecular complexity index is 281. The van der Waals surface area contributed by atoms with E-state index in [-0.39, 0.29) is 0 Å². The minimum absolute atomic E-state index is 0.457. The third kappa shape index (κ3) is 5.49. The van der Waals surface area contributed by atoms with Gasteiger partial charge in [-0.25, -0.2) is 4.79 Å². The number of hydrogen-bond acceptors (Lipinski definition) is 3. The van der Waals surface area contributed by atoms with Gasteiger partial charge >= 0.3 is 5.97 Å². The van der Waals surface area contributed by atoms with Crippen molar-refractivity contribution < 1.29 is 14.6 Å². The normalized spacial score (nSPS) is 21.5. The number of aliphatic carboxylic acids is 1. The molecule has 0 heterocycles. The highest BCUT2D eigenvalue weighted by molar-refractivity contribution is 5.72. The highest BCUT2D eigenvalue weighted by Gasteiger charge is 2.29. The molecular formula is C15H29NO3. The molecule has 0 radical (unpaired) electrons. The maximum atomic E-state index is 11.0. The van der Waals surface area contributed by atoms with Gasteiger partial charge in [-0.3, -0.25) is 0 Å². The van der Waals surface area contributed by atoms with Gasteiger partial charge in [-0.15, -0.1) is 0 Å². The van der Waals surface area contributed by atoms with Gasteiger partial charge in [0.25, 0.3) is 0 Å². The molecule has 0 aliphatic heterocycles. The molecule has 0 bridgehead atoms. The molecule has 1 saturated carbocycles. The molecule has 0 amide bonds. The average molecular weight is 271 g/mol. The van der Waals surface area contributed by atoms with Crippen LogP contribution in [0.1, 0.15) is 52.9 Å². The van der Waals surface area contributed by atoms with Crippen molar-refractivity contribution in [3.05, 3.63) is 0 Å². The Balaban J connectivity index is 2.34. The van der Waals surface area contributed by atoms with E-state index < -0.39 is 12.1 Å². The van der Waals surface area contributed by atoms with Crippen LogP contribution in [-0.4, -0.2) is 48.3 Å². The average Bonchev–Trinajstić information content (AvgIpc) is 2.33. The summed E-state index contributed by atoms with van der Waals surface area (Å²) in [6.45, 7) is 7.75. The van der Waals surface area contributed by atoms with Crippen LogP contribution < -0.4 is 0 Å². The fraction of sp³-hybridized carbons (Fsp3) is 0.933. The minimum Gasteiger partial charge on any atom is -0.479 e. The molecule has 1 atom stereocenters. The van der Waals surface area contributed by atoms with E-state index in [4.69, 9.17) is 9.84 Å². The second kappa shape index (κ2) is 7.25. The first-order chi connectivity index (χ1) is 8.85. The van der Waals surface area contributed by atoms with Crippen LogP contribution in [0.4, 0.5) is 0 Å². The van der Waals surface area contributed by atoms with E-state index in [0.29, 0.717) is 24.5 Å². The van der Waals surface area contributed by atoms with Crippen molar-refractivity contribution in [1.82, 2.24) is 4.90 Å². The SMILES string of the molecule is CCOC(CCN(C)C1CCC(C)(C)CC1)C(=O)O. The maximum Gasteiger partial charge on any atom is 0.332 e. The number of rotatable bonds is 7. The lowest BCUT2D eigenvalue weighted by Crippen LogP contribution is -2.39.